The molecule has 0 aliphatic rings. The van der Waals surface area contributed by atoms with Crippen molar-refractivity contribution in [3.63, 3.8) is 0 Å². The Hall–Kier alpha value is -2.37. The number of nitrogens with one attached hydrogen (secondary N) is 1. The number of aromatic nitrogens is 1. The molecule has 0 bridgehead atoms. The summed E-state index contributed by atoms with van der Waals surface area (Å²) in [6.07, 6.45) is 18.3. The third-order valence-electron chi connectivity index (χ3n) is 6.97. The van der Waals surface area contributed by atoms with Gasteiger partial charge in [-0.25, -0.2) is 0 Å². The molecule has 0 saturated carbocycles. The molecule has 6 heteroatoms. The Bertz CT molecular complexity index is 1110. The van der Waals surface area contributed by atoms with Crippen LogP contribution in [0.4, 0.5) is 5.69 Å². The van der Waals surface area contributed by atoms with E-state index in [2.05, 4.69) is 35.4 Å². The number of hydrogen-bond donors (Lipinski definition) is 1. The van der Waals surface area contributed by atoms with Gasteiger partial charge in [0.1, 0.15) is 5.75 Å². The van der Waals surface area contributed by atoms with Crippen LogP contribution in [0.15, 0.2) is 54.2 Å². The normalized spacial score (nSPS) is 11.1. The van der Waals surface area contributed by atoms with Gasteiger partial charge in [-0.05, 0) is 43.2 Å². The van der Waals surface area contributed by atoms with Crippen LogP contribution in [0.3, 0.4) is 0 Å². The first-order valence-corrected chi connectivity index (χ1v) is 16.0. The average molecular weight is 570 g/mol. The summed E-state index contributed by atoms with van der Waals surface area (Å²) in [4.78, 5) is 13.9. The van der Waals surface area contributed by atoms with Crippen LogP contribution in [0.1, 0.15) is 100.0 Å². The second-order valence-electron chi connectivity index (χ2n) is 10.5. The first-order chi connectivity index (χ1) is 19.0. The van der Waals surface area contributed by atoms with Crippen molar-refractivity contribution in [3.05, 3.63) is 75.2 Å². The Labute approximate surface area is 244 Å². The molecule has 1 aromatic heterocycles. The Morgan fingerprint density at radius 3 is 2.13 bits per heavy atom. The summed E-state index contributed by atoms with van der Waals surface area (Å²) in [5, 5.41) is 3.54. The van der Waals surface area contributed by atoms with Gasteiger partial charge in [-0.15, -0.1) is 0 Å². The standard InChI is InChI=1S/C33H45ClN2O2S/c1-3-4-5-6-7-8-9-10-11-12-13-14-21-38-31-20-17-29(32(34)23-31)22-33(37)35-30-18-15-28(16-19-30)25-36-24-27(2)39-26-36/h15-20,23-24,26H,3-14,21-22,25H2,1-2H3/p+1. The van der Waals surface area contributed by atoms with E-state index < -0.39 is 0 Å². The molecule has 0 aliphatic heterocycles. The number of hydrogen-bond acceptors (Lipinski definition) is 3. The lowest BCUT2D eigenvalue weighted by atomic mass is 10.1. The number of aryl methyl sites for hydroxylation is 1. The predicted octanol–water partition coefficient (Wildman–Crippen LogP) is 9.31. The van der Waals surface area contributed by atoms with E-state index in [4.69, 9.17) is 16.3 Å². The lowest BCUT2D eigenvalue weighted by Crippen LogP contribution is -2.30. The second kappa shape index (κ2) is 18.1. The SMILES string of the molecule is CCCCCCCCCCCCCCOc1ccc(CC(=O)Nc2ccc(C[n+]3csc(C)c3)cc2)c(Cl)c1. The van der Waals surface area contributed by atoms with Crippen molar-refractivity contribution in [1.29, 1.82) is 0 Å². The molecule has 0 unspecified atom stereocenters. The minimum absolute atomic E-state index is 0.0855. The molecule has 0 radical (unpaired) electrons. The quantitative estimate of drug-likeness (QED) is 0.115. The fourth-order valence-corrected chi connectivity index (χ4v) is 5.58. The lowest BCUT2D eigenvalue weighted by Gasteiger charge is -2.10. The van der Waals surface area contributed by atoms with Gasteiger partial charge in [0, 0.05) is 16.3 Å². The molecule has 2 aromatic carbocycles. The number of amides is 1. The maximum absolute atomic E-state index is 12.6. The third-order valence-corrected chi connectivity index (χ3v) is 8.17. The van der Waals surface area contributed by atoms with Crippen LogP contribution < -0.4 is 14.6 Å². The Balaban J connectivity index is 1.28. The number of carbonyl (C=O) groups is 1. The van der Waals surface area contributed by atoms with Crippen molar-refractivity contribution in [2.75, 3.05) is 11.9 Å². The molecule has 0 fully saturated rings. The van der Waals surface area contributed by atoms with E-state index in [0.29, 0.717) is 11.6 Å². The summed E-state index contributed by atoms with van der Waals surface area (Å²) < 4.78 is 8.07. The summed E-state index contributed by atoms with van der Waals surface area (Å²) in [6.45, 7) is 5.90. The number of nitrogens with zero attached hydrogens (tertiary/aromatic N) is 1. The topological polar surface area (TPSA) is 42.2 Å². The molecule has 4 nitrogen and oxygen atoms in total. The minimum atomic E-state index is -0.0855. The Morgan fingerprint density at radius 2 is 1.54 bits per heavy atom. The fourth-order valence-electron chi connectivity index (χ4n) is 4.70. The number of benzene rings is 2. The van der Waals surface area contributed by atoms with Crippen molar-refractivity contribution in [1.82, 2.24) is 0 Å². The van der Waals surface area contributed by atoms with E-state index in [1.165, 1.54) is 81.1 Å². The largest absolute Gasteiger partial charge is 0.494 e. The second-order valence-corrected chi connectivity index (χ2v) is 12.0. The fraction of sp³-hybridized carbons (Fsp3) is 0.515. The number of halogens is 1. The number of anilines is 1. The van der Waals surface area contributed by atoms with E-state index in [1.807, 2.05) is 42.5 Å². The smallest absolute Gasteiger partial charge is 0.228 e. The zero-order valence-electron chi connectivity index (χ0n) is 23.9. The van der Waals surface area contributed by atoms with Gasteiger partial charge in [-0.3, -0.25) is 4.79 Å². The third kappa shape index (κ3) is 12.6. The zero-order chi connectivity index (χ0) is 27.7. The molecule has 39 heavy (non-hydrogen) atoms. The highest BCUT2D eigenvalue weighted by molar-refractivity contribution is 7.09. The van der Waals surface area contributed by atoms with Gasteiger partial charge < -0.3 is 10.1 Å². The molecule has 1 N–H and O–H groups in total. The van der Waals surface area contributed by atoms with Gasteiger partial charge in [0.15, 0.2) is 12.7 Å². The van der Waals surface area contributed by atoms with Crippen LogP contribution in [0.5, 0.6) is 5.75 Å². The first-order valence-electron chi connectivity index (χ1n) is 14.8. The Kier molecular flexibility index (Phi) is 14.4. The van der Waals surface area contributed by atoms with Crippen molar-refractivity contribution < 1.29 is 14.1 Å². The van der Waals surface area contributed by atoms with Crippen molar-refractivity contribution >= 4 is 34.5 Å². The molecule has 0 aliphatic carbocycles. The van der Waals surface area contributed by atoms with E-state index >= 15 is 0 Å². The van der Waals surface area contributed by atoms with E-state index in [-0.39, 0.29) is 12.3 Å². The molecule has 212 valence electrons. The van der Waals surface area contributed by atoms with Gasteiger partial charge in [0.05, 0.1) is 17.9 Å². The van der Waals surface area contributed by atoms with Crippen molar-refractivity contribution in [2.24, 2.45) is 0 Å². The van der Waals surface area contributed by atoms with E-state index in [1.54, 1.807) is 11.3 Å². The first kappa shape index (κ1) is 31.2. The summed E-state index contributed by atoms with van der Waals surface area (Å²) in [7, 11) is 0. The molecule has 1 heterocycles. The summed E-state index contributed by atoms with van der Waals surface area (Å²) in [5.74, 6) is 0.680. The highest BCUT2D eigenvalue weighted by Crippen LogP contribution is 2.24. The summed E-state index contributed by atoms with van der Waals surface area (Å²) >= 11 is 8.21. The number of rotatable bonds is 19. The molecule has 3 rings (SSSR count). The number of unbranched alkanes of at least 4 members (excludes halogenated alkanes) is 11. The lowest BCUT2D eigenvalue weighted by molar-refractivity contribution is -0.683. The molecular weight excluding hydrogens is 524 g/mol. The van der Waals surface area contributed by atoms with Crippen LogP contribution in [0.2, 0.25) is 5.02 Å². The van der Waals surface area contributed by atoms with Gasteiger partial charge in [0.25, 0.3) is 0 Å². The van der Waals surface area contributed by atoms with Crippen molar-refractivity contribution in [3.8, 4) is 5.75 Å². The van der Waals surface area contributed by atoms with Crippen LogP contribution in [-0.4, -0.2) is 12.5 Å². The maximum atomic E-state index is 12.6. The van der Waals surface area contributed by atoms with E-state index in [9.17, 15) is 4.79 Å². The predicted molar refractivity (Wildman–Crippen MR) is 165 cm³/mol. The minimum Gasteiger partial charge on any atom is -0.494 e. The summed E-state index contributed by atoms with van der Waals surface area (Å²) in [6, 6.07) is 13.6. The summed E-state index contributed by atoms with van der Waals surface area (Å²) in [5.41, 5.74) is 4.89. The molecule has 0 atom stereocenters. The highest BCUT2D eigenvalue weighted by atomic mass is 35.5. The monoisotopic (exact) mass is 569 g/mol. The zero-order valence-corrected chi connectivity index (χ0v) is 25.4. The molecule has 3 aromatic rings. The maximum Gasteiger partial charge on any atom is 0.228 e. The molecular formula is C33H46ClN2O2S+. The van der Waals surface area contributed by atoms with Crippen LogP contribution >= 0.6 is 22.9 Å². The van der Waals surface area contributed by atoms with E-state index in [0.717, 1.165) is 30.0 Å². The molecule has 0 saturated heterocycles. The van der Waals surface area contributed by atoms with Crippen LogP contribution in [-0.2, 0) is 17.8 Å². The van der Waals surface area contributed by atoms with Crippen LogP contribution in [0.25, 0.3) is 0 Å². The molecule has 1 amide bonds. The Morgan fingerprint density at radius 1 is 0.897 bits per heavy atom. The van der Waals surface area contributed by atoms with Crippen molar-refractivity contribution in [2.45, 2.75) is 104 Å². The molecule has 0 spiro atoms. The van der Waals surface area contributed by atoms with Gasteiger partial charge >= 0.3 is 0 Å². The van der Waals surface area contributed by atoms with Gasteiger partial charge in [-0.2, -0.15) is 4.57 Å². The van der Waals surface area contributed by atoms with Crippen LogP contribution in [0, 0.1) is 6.92 Å². The number of ether oxygens (including phenoxy) is 1. The highest BCUT2D eigenvalue weighted by Gasteiger charge is 2.10. The number of thiazole rings is 1. The van der Waals surface area contributed by atoms with Gasteiger partial charge in [0.2, 0.25) is 11.4 Å². The van der Waals surface area contributed by atoms with Gasteiger partial charge in [-0.1, -0.05) is 119 Å². The number of carbonyl (C=O) groups excluding carboxylic acids is 1. The average Bonchev–Trinajstić information content (AvgIpc) is 3.33.